The fraction of sp³-hybridized carbons (Fsp3) is 0.545. The van der Waals surface area contributed by atoms with Crippen LogP contribution in [-0.4, -0.2) is 19.6 Å². The molecule has 4 nitrogen and oxygen atoms in total. The highest BCUT2D eigenvalue weighted by Gasteiger charge is 2.01. The summed E-state index contributed by atoms with van der Waals surface area (Å²) in [6.45, 7) is 11.9. The third-order valence-electron chi connectivity index (χ3n) is 1.65. The maximum atomic E-state index is 4.16. The van der Waals surface area contributed by atoms with Gasteiger partial charge in [-0.15, -0.1) is 0 Å². The van der Waals surface area contributed by atoms with Crippen LogP contribution in [0.2, 0.25) is 0 Å². The van der Waals surface area contributed by atoms with E-state index in [4.69, 9.17) is 0 Å². The molecule has 0 aliphatic rings. The van der Waals surface area contributed by atoms with E-state index >= 15 is 0 Å². The minimum atomic E-state index is 0.838. The van der Waals surface area contributed by atoms with Gasteiger partial charge in [0.1, 0.15) is 6.33 Å². The van der Waals surface area contributed by atoms with E-state index in [9.17, 15) is 0 Å². The smallest absolute Gasteiger partial charge is 0.176 e. The molecule has 0 atom stereocenters. The van der Waals surface area contributed by atoms with Crippen LogP contribution in [0, 0.1) is 13.8 Å². The van der Waals surface area contributed by atoms with Gasteiger partial charge in [-0.3, -0.25) is 4.98 Å². The highest BCUT2D eigenvalue weighted by Crippen LogP contribution is 2.04. The second-order valence-corrected chi connectivity index (χ2v) is 2.48. The van der Waals surface area contributed by atoms with E-state index in [1.54, 1.807) is 10.7 Å². The van der Waals surface area contributed by atoms with Gasteiger partial charge in [-0.1, -0.05) is 27.7 Å². The molecule has 84 valence electrons. The minimum absolute atomic E-state index is 0.838. The van der Waals surface area contributed by atoms with Crippen LogP contribution in [0.3, 0.4) is 0 Å². The summed E-state index contributed by atoms with van der Waals surface area (Å²) in [6, 6.07) is 0. The summed E-state index contributed by atoms with van der Waals surface area (Å²) in [5.74, 6) is 0. The van der Waals surface area contributed by atoms with Crippen molar-refractivity contribution < 1.29 is 0 Å². The minimum Gasteiger partial charge on any atom is -0.256 e. The van der Waals surface area contributed by atoms with Gasteiger partial charge in [0.05, 0.1) is 11.4 Å². The highest BCUT2D eigenvalue weighted by atomic mass is 15.3. The predicted octanol–water partition coefficient (Wildman–Crippen LogP) is 2.79. The van der Waals surface area contributed by atoms with Crippen LogP contribution in [0.1, 0.15) is 39.1 Å². The van der Waals surface area contributed by atoms with Crippen LogP contribution in [0.25, 0.3) is 5.65 Å². The van der Waals surface area contributed by atoms with Gasteiger partial charge in [0.15, 0.2) is 5.65 Å². The second kappa shape index (κ2) is 6.92. The van der Waals surface area contributed by atoms with Crippen LogP contribution >= 0.6 is 0 Å². The van der Waals surface area contributed by atoms with Crippen molar-refractivity contribution in [3.8, 4) is 0 Å². The van der Waals surface area contributed by atoms with E-state index < -0.39 is 0 Å². The lowest BCUT2D eigenvalue weighted by atomic mass is 10.4. The van der Waals surface area contributed by atoms with Crippen molar-refractivity contribution in [2.75, 3.05) is 0 Å². The Morgan fingerprint density at radius 2 is 1.60 bits per heavy atom. The van der Waals surface area contributed by atoms with Gasteiger partial charge in [-0.05, 0) is 13.8 Å². The van der Waals surface area contributed by atoms with Gasteiger partial charge in [0.25, 0.3) is 0 Å². The summed E-state index contributed by atoms with van der Waals surface area (Å²) in [4.78, 5) is 8.22. The number of fused-ring (bicyclic) bond motifs is 1. The molecule has 0 N–H and O–H groups in total. The molecule has 0 saturated heterocycles. The number of nitrogens with zero attached hydrogens (tertiary/aromatic N) is 4. The zero-order chi connectivity index (χ0) is 11.8. The molecule has 0 fully saturated rings. The molecule has 0 aliphatic heterocycles. The van der Waals surface area contributed by atoms with Gasteiger partial charge >= 0.3 is 0 Å². The van der Waals surface area contributed by atoms with Crippen LogP contribution < -0.4 is 0 Å². The van der Waals surface area contributed by atoms with Crippen molar-refractivity contribution in [1.82, 2.24) is 19.6 Å². The molecule has 15 heavy (non-hydrogen) atoms. The van der Waals surface area contributed by atoms with Crippen molar-refractivity contribution in [3.05, 3.63) is 23.9 Å². The highest BCUT2D eigenvalue weighted by molar-refractivity contribution is 5.41. The maximum absolute atomic E-state index is 4.16. The van der Waals surface area contributed by atoms with E-state index in [1.807, 2.05) is 41.5 Å². The average molecular weight is 208 g/mol. The van der Waals surface area contributed by atoms with Crippen LogP contribution in [0.5, 0.6) is 0 Å². The Morgan fingerprint density at radius 3 is 2.13 bits per heavy atom. The SMILES string of the molecule is CC.CC.Cc1ncc(C)n2ncnc12. The molecule has 2 heterocycles. The Bertz CT molecular complexity index is 356. The molecule has 2 aromatic rings. The van der Waals surface area contributed by atoms with Gasteiger partial charge in [-0.25, -0.2) is 9.50 Å². The lowest BCUT2D eigenvalue weighted by Gasteiger charge is -1.97. The van der Waals surface area contributed by atoms with Crippen molar-refractivity contribution in [3.63, 3.8) is 0 Å². The number of aromatic nitrogens is 4. The predicted molar refractivity (Wildman–Crippen MR) is 63.0 cm³/mol. The van der Waals surface area contributed by atoms with E-state index in [0.717, 1.165) is 17.0 Å². The summed E-state index contributed by atoms with van der Waals surface area (Å²) in [5, 5.41) is 4.04. The van der Waals surface area contributed by atoms with E-state index in [-0.39, 0.29) is 0 Å². The van der Waals surface area contributed by atoms with Crippen molar-refractivity contribution in [2.24, 2.45) is 0 Å². The summed E-state index contributed by atoms with van der Waals surface area (Å²) >= 11 is 0. The molecule has 0 unspecified atom stereocenters. The molecule has 2 rings (SSSR count). The average Bonchev–Trinajstić information content (AvgIpc) is 2.79. The summed E-state index contributed by atoms with van der Waals surface area (Å²) in [5.41, 5.74) is 2.75. The van der Waals surface area contributed by atoms with E-state index in [1.165, 1.54) is 6.33 Å². The largest absolute Gasteiger partial charge is 0.256 e. The molecule has 2 aromatic heterocycles. The molecule has 0 radical (unpaired) electrons. The third kappa shape index (κ3) is 3.01. The summed E-state index contributed by atoms with van der Waals surface area (Å²) < 4.78 is 1.78. The molecule has 0 spiro atoms. The first-order valence-corrected chi connectivity index (χ1v) is 5.41. The van der Waals surface area contributed by atoms with Gasteiger partial charge in [0, 0.05) is 6.20 Å². The Balaban J connectivity index is 0.000000442. The summed E-state index contributed by atoms with van der Waals surface area (Å²) in [6.07, 6.45) is 3.33. The first-order chi connectivity index (χ1) is 7.29. The zero-order valence-electron chi connectivity index (χ0n) is 10.4. The normalized spacial score (nSPS) is 8.67. The fourth-order valence-electron chi connectivity index (χ4n) is 1.05. The Hall–Kier alpha value is -1.45. The molecule has 0 aromatic carbocycles. The molecule has 0 amide bonds. The molecule has 0 bridgehead atoms. The van der Waals surface area contributed by atoms with Crippen LogP contribution in [0.4, 0.5) is 0 Å². The standard InChI is InChI=1S/C7H8N4.2C2H6/c1-5-3-8-6(2)7-9-4-10-11(5)7;2*1-2/h3-4H,1-2H3;2*1-2H3. The topological polar surface area (TPSA) is 43.1 Å². The Labute approximate surface area is 91.4 Å². The Kier molecular flexibility index (Phi) is 6.25. The Morgan fingerprint density at radius 1 is 1.00 bits per heavy atom. The zero-order valence-corrected chi connectivity index (χ0v) is 10.4. The number of aryl methyl sites for hydroxylation is 2. The first-order valence-electron chi connectivity index (χ1n) is 5.41. The summed E-state index contributed by atoms with van der Waals surface area (Å²) in [7, 11) is 0. The first kappa shape index (κ1) is 13.5. The fourth-order valence-corrected chi connectivity index (χ4v) is 1.05. The maximum Gasteiger partial charge on any atom is 0.176 e. The molecular formula is C11H20N4. The second-order valence-electron chi connectivity index (χ2n) is 2.48. The van der Waals surface area contributed by atoms with Gasteiger partial charge in [0.2, 0.25) is 0 Å². The molecule has 0 aliphatic carbocycles. The molecule has 4 heteroatoms. The lowest BCUT2D eigenvalue weighted by Crippen LogP contribution is -1.97. The quantitative estimate of drug-likeness (QED) is 0.668. The monoisotopic (exact) mass is 208 g/mol. The van der Waals surface area contributed by atoms with E-state index in [0.29, 0.717) is 0 Å². The molecular weight excluding hydrogens is 188 g/mol. The van der Waals surface area contributed by atoms with Crippen molar-refractivity contribution >= 4 is 5.65 Å². The lowest BCUT2D eigenvalue weighted by molar-refractivity contribution is 0.888. The number of hydrogen-bond acceptors (Lipinski definition) is 3. The van der Waals surface area contributed by atoms with Crippen molar-refractivity contribution in [1.29, 1.82) is 0 Å². The third-order valence-corrected chi connectivity index (χ3v) is 1.65. The van der Waals surface area contributed by atoms with Gasteiger partial charge < -0.3 is 0 Å². The van der Waals surface area contributed by atoms with E-state index in [2.05, 4.69) is 15.1 Å². The van der Waals surface area contributed by atoms with Crippen molar-refractivity contribution in [2.45, 2.75) is 41.5 Å². The van der Waals surface area contributed by atoms with Gasteiger partial charge in [-0.2, -0.15) is 5.10 Å². The number of rotatable bonds is 0. The number of hydrogen-bond donors (Lipinski definition) is 0. The van der Waals surface area contributed by atoms with Crippen LogP contribution in [-0.2, 0) is 0 Å². The van der Waals surface area contributed by atoms with Crippen LogP contribution in [0.15, 0.2) is 12.5 Å². The molecule has 0 saturated carbocycles.